The first-order valence-corrected chi connectivity index (χ1v) is 13.6. The molecule has 43 heavy (non-hydrogen) atoms. The number of halogens is 4. The van der Waals surface area contributed by atoms with Crippen molar-refractivity contribution in [3.05, 3.63) is 101 Å². The zero-order valence-electron chi connectivity index (χ0n) is 23.0. The van der Waals surface area contributed by atoms with Crippen molar-refractivity contribution < 1.29 is 36.7 Å². The highest BCUT2D eigenvalue weighted by atomic mass is 19.4. The number of hydrogen-bond donors (Lipinski definition) is 3. The molecule has 12 heteroatoms. The molecule has 4 N–H and O–H groups in total. The second-order valence-electron chi connectivity index (χ2n) is 10.1. The van der Waals surface area contributed by atoms with Crippen LogP contribution in [0.5, 0.6) is 0 Å². The van der Waals surface area contributed by atoms with Crippen LogP contribution in [0.1, 0.15) is 46.3 Å². The molecule has 3 aromatic rings. The van der Waals surface area contributed by atoms with E-state index in [1.54, 1.807) is 36.4 Å². The fourth-order valence-electron chi connectivity index (χ4n) is 4.90. The summed E-state index contributed by atoms with van der Waals surface area (Å²) in [6, 6.07) is 15.5. The molecule has 0 unspecified atom stereocenters. The van der Waals surface area contributed by atoms with Crippen LogP contribution in [0.4, 0.5) is 23.2 Å². The molecule has 0 aromatic heterocycles. The lowest BCUT2D eigenvalue weighted by Gasteiger charge is -2.36. The average Bonchev–Trinajstić information content (AvgIpc) is 2.99. The first kappa shape index (κ1) is 31.4. The molecule has 226 valence electrons. The Hall–Kier alpha value is -4.58. The van der Waals surface area contributed by atoms with Gasteiger partial charge < -0.3 is 21.3 Å². The van der Waals surface area contributed by atoms with Crippen LogP contribution in [0.25, 0.3) is 0 Å². The number of carbonyl (C=O) groups is 4. The lowest BCUT2D eigenvalue weighted by molar-refractivity contribution is -0.142. The van der Waals surface area contributed by atoms with E-state index >= 15 is 0 Å². The molecule has 0 fully saturated rings. The zero-order valence-corrected chi connectivity index (χ0v) is 23.0. The molecule has 1 aliphatic heterocycles. The maximum atomic E-state index is 13.7. The topological polar surface area (TPSA) is 122 Å². The maximum absolute atomic E-state index is 13.7. The lowest BCUT2D eigenvalue weighted by Crippen LogP contribution is -2.56. The van der Waals surface area contributed by atoms with Crippen LogP contribution in [0.3, 0.4) is 0 Å². The van der Waals surface area contributed by atoms with Gasteiger partial charge in [0.15, 0.2) is 5.78 Å². The number of nitrogens with one attached hydrogen (secondary N) is 2. The van der Waals surface area contributed by atoms with Crippen LogP contribution >= 0.6 is 0 Å². The van der Waals surface area contributed by atoms with Crippen LogP contribution in [-0.2, 0) is 33.5 Å². The Morgan fingerprint density at radius 1 is 0.930 bits per heavy atom. The molecule has 8 nitrogen and oxygen atoms in total. The summed E-state index contributed by atoms with van der Waals surface area (Å²) in [6.07, 6.45) is -5.10. The number of benzene rings is 3. The molecular formula is C31H30F4N4O4. The highest BCUT2D eigenvalue weighted by Crippen LogP contribution is 2.33. The fourth-order valence-corrected chi connectivity index (χ4v) is 4.90. The van der Waals surface area contributed by atoms with Crippen molar-refractivity contribution in [2.45, 2.75) is 50.5 Å². The van der Waals surface area contributed by atoms with Gasteiger partial charge in [0, 0.05) is 37.1 Å². The van der Waals surface area contributed by atoms with Crippen LogP contribution in [0.15, 0.2) is 72.8 Å². The van der Waals surface area contributed by atoms with Crippen molar-refractivity contribution in [1.29, 1.82) is 0 Å². The molecule has 1 heterocycles. The van der Waals surface area contributed by atoms with Gasteiger partial charge in [-0.3, -0.25) is 19.2 Å². The molecule has 2 atom stereocenters. The van der Waals surface area contributed by atoms with Crippen molar-refractivity contribution in [2.24, 2.45) is 5.73 Å². The van der Waals surface area contributed by atoms with Crippen LogP contribution in [-0.4, -0.2) is 47.0 Å². The number of hydrogen-bond acceptors (Lipinski definition) is 5. The second-order valence-corrected chi connectivity index (χ2v) is 10.1. The highest BCUT2D eigenvalue weighted by molar-refractivity contribution is 6.00. The Morgan fingerprint density at radius 3 is 2.28 bits per heavy atom. The largest absolute Gasteiger partial charge is 0.419 e. The molecule has 4 rings (SSSR count). The number of carbonyl (C=O) groups excluding carboxylic acids is 4. The number of Topliss-reactive ketones (excluding diaryl/α,β-unsaturated/α-hetero) is 1. The normalized spacial score (nSPS) is 15.3. The minimum atomic E-state index is -4.98. The smallest absolute Gasteiger partial charge is 0.342 e. The van der Waals surface area contributed by atoms with Gasteiger partial charge in [0.05, 0.1) is 5.56 Å². The number of ketones is 1. The lowest BCUT2D eigenvalue weighted by atomic mass is 9.92. The van der Waals surface area contributed by atoms with Gasteiger partial charge in [-0.05, 0) is 42.3 Å². The number of rotatable bonds is 10. The number of nitrogens with zero attached hydrogens (tertiary/aromatic N) is 1. The minimum absolute atomic E-state index is 0.0483. The summed E-state index contributed by atoms with van der Waals surface area (Å²) >= 11 is 0. The van der Waals surface area contributed by atoms with E-state index in [1.807, 2.05) is 18.2 Å². The molecule has 0 saturated carbocycles. The monoisotopic (exact) mass is 598 g/mol. The standard InChI is InChI=1S/C31H30F4N4O4/c32-24-11-10-22(17-23(24)31(33,34)35)37-29(42)25(14-15-36)38-30(43)26-16-20-8-4-5-9-21(20)18-39(26)28(41)13-12-27(40)19-6-2-1-3-7-19/h1-11,17,25-26H,12-16,18,36H2,(H,37,42)(H,38,43)/t25-,26-/m0/s1. The third-order valence-electron chi connectivity index (χ3n) is 7.16. The molecule has 0 aliphatic carbocycles. The van der Waals surface area contributed by atoms with Crippen LogP contribution in [0, 0.1) is 5.82 Å². The number of fused-ring (bicyclic) bond motifs is 1. The summed E-state index contributed by atoms with van der Waals surface area (Å²) < 4.78 is 53.1. The quantitative estimate of drug-likeness (QED) is 0.238. The van der Waals surface area contributed by atoms with Gasteiger partial charge in [0.1, 0.15) is 17.9 Å². The van der Waals surface area contributed by atoms with E-state index in [1.165, 1.54) is 4.90 Å². The third kappa shape index (κ3) is 7.83. The SMILES string of the molecule is NCC[C@H](NC(=O)[C@@H]1Cc2ccccc2CN1C(=O)CCC(=O)c1ccccc1)C(=O)Nc1ccc(F)c(C(F)(F)F)c1. The van der Waals surface area contributed by atoms with E-state index in [4.69, 9.17) is 5.73 Å². The predicted octanol–water partition coefficient (Wildman–Crippen LogP) is 4.23. The molecule has 1 aliphatic rings. The Bertz CT molecular complexity index is 1500. The number of amides is 3. The predicted molar refractivity (Wildman–Crippen MR) is 150 cm³/mol. The minimum Gasteiger partial charge on any atom is -0.342 e. The van der Waals surface area contributed by atoms with E-state index in [2.05, 4.69) is 10.6 Å². The molecule has 3 aromatic carbocycles. The number of alkyl halides is 3. The fraction of sp³-hybridized carbons (Fsp3) is 0.290. The van der Waals surface area contributed by atoms with Gasteiger partial charge in [0.2, 0.25) is 17.7 Å². The van der Waals surface area contributed by atoms with Gasteiger partial charge in [-0.25, -0.2) is 4.39 Å². The van der Waals surface area contributed by atoms with Gasteiger partial charge in [-0.2, -0.15) is 13.2 Å². The van der Waals surface area contributed by atoms with Crippen LogP contribution < -0.4 is 16.4 Å². The molecule has 0 radical (unpaired) electrons. The summed E-state index contributed by atoms with van der Waals surface area (Å²) in [7, 11) is 0. The summed E-state index contributed by atoms with van der Waals surface area (Å²) in [5, 5.41) is 4.86. The molecular weight excluding hydrogens is 568 g/mol. The van der Waals surface area contributed by atoms with Gasteiger partial charge >= 0.3 is 6.18 Å². The Kier molecular flexibility index (Phi) is 9.92. The first-order valence-electron chi connectivity index (χ1n) is 13.6. The van der Waals surface area contributed by atoms with E-state index in [0.29, 0.717) is 17.7 Å². The summed E-state index contributed by atoms with van der Waals surface area (Å²) in [5.41, 5.74) is 5.91. The first-order chi connectivity index (χ1) is 20.5. The van der Waals surface area contributed by atoms with Crippen molar-refractivity contribution in [3.8, 4) is 0 Å². The van der Waals surface area contributed by atoms with Crippen molar-refractivity contribution in [3.63, 3.8) is 0 Å². The van der Waals surface area contributed by atoms with Gasteiger partial charge in [-0.15, -0.1) is 0 Å². The maximum Gasteiger partial charge on any atom is 0.419 e. The highest BCUT2D eigenvalue weighted by Gasteiger charge is 2.37. The second kappa shape index (κ2) is 13.6. The Balaban J connectivity index is 1.50. The van der Waals surface area contributed by atoms with E-state index in [0.717, 1.165) is 17.2 Å². The zero-order chi connectivity index (χ0) is 31.1. The van der Waals surface area contributed by atoms with Crippen molar-refractivity contribution >= 4 is 29.2 Å². The molecule has 0 spiro atoms. The van der Waals surface area contributed by atoms with Crippen LogP contribution in [0.2, 0.25) is 0 Å². The Morgan fingerprint density at radius 2 is 1.60 bits per heavy atom. The third-order valence-corrected chi connectivity index (χ3v) is 7.16. The van der Waals surface area contributed by atoms with Gasteiger partial charge in [0.25, 0.3) is 0 Å². The average molecular weight is 599 g/mol. The molecule has 0 bridgehead atoms. The molecule has 3 amide bonds. The van der Waals surface area contributed by atoms with E-state index in [-0.39, 0.29) is 50.2 Å². The van der Waals surface area contributed by atoms with E-state index in [9.17, 15) is 36.7 Å². The number of nitrogens with two attached hydrogens (primary N) is 1. The summed E-state index contributed by atoms with van der Waals surface area (Å²) in [4.78, 5) is 53.9. The van der Waals surface area contributed by atoms with Crippen molar-refractivity contribution in [1.82, 2.24) is 10.2 Å². The summed E-state index contributed by atoms with van der Waals surface area (Å²) in [6.45, 7) is 0.0590. The Labute approximate surface area is 245 Å². The molecule has 0 saturated heterocycles. The van der Waals surface area contributed by atoms with Gasteiger partial charge in [-0.1, -0.05) is 54.6 Å². The number of anilines is 1. The summed E-state index contributed by atoms with van der Waals surface area (Å²) in [5.74, 6) is -3.67. The van der Waals surface area contributed by atoms with E-state index < -0.39 is 47.4 Å². The van der Waals surface area contributed by atoms with Crippen molar-refractivity contribution in [2.75, 3.05) is 11.9 Å².